The van der Waals surface area contributed by atoms with Crippen molar-refractivity contribution in [1.29, 1.82) is 0 Å². The summed E-state index contributed by atoms with van der Waals surface area (Å²) in [6.07, 6.45) is 4.93. The molecule has 10 heavy (non-hydrogen) atoms. The molecule has 60 valence electrons. The van der Waals surface area contributed by atoms with Crippen LogP contribution in [0.15, 0.2) is 0 Å². The average molecular weight is 144 g/mol. The maximum absolute atomic E-state index is 9.13. The van der Waals surface area contributed by atoms with E-state index in [-0.39, 0.29) is 6.10 Å². The van der Waals surface area contributed by atoms with Crippen molar-refractivity contribution in [3.8, 4) is 0 Å². The second-order valence-electron chi connectivity index (χ2n) is 3.19. The lowest BCUT2D eigenvalue weighted by Crippen LogP contribution is -2.18. The minimum Gasteiger partial charge on any atom is -0.396 e. The maximum Gasteiger partial charge on any atom is 0.0540 e. The Morgan fingerprint density at radius 1 is 1.10 bits per heavy atom. The van der Waals surface area contributed by atoms with Gasteiger partial charge in [-0.2, -0.15) is 0 Å². The van der Waals surface area contributed by atoms with Crippen molar-refractivity contribution in [2.45, 2.75) is 38.2 Å². The third-order valence-corrected chi connectivity index (χ3v) is 2.35. The van der Waals surface area contributed by atoms with E-state index in [1.807, 2.05) is 0 Å². The van der Waals surface area contributed by atoms with Crippen molar-refractivity contribution < 1.29 is 10.2 Å². The summed E-state index contributed by atoms with van der Waals surface area (Å²) in [6, 6.07) is 0. The second kappa shape index (κ2) is 3.94. The molecule has 0 aromatic carbocycles. The van der Waals surface area contributed by atoms with Gasteiger partial charge in [-0.15, -0.1) is 0 Å². The molecule has 2 nitrogen and oxygen atoms in total. The van der Waals surface area contributed by atoms with Crippen LogP contribution in [-0.4, -0.2) is 22.9 Å². The summed E-state index contributed by atoms with van der Waals surface area (Å²) >= 11 is 0. The van der Waals surface area contributed by atoms with E-state index in [0.29, 0.717) is 12.5 Å². The van der Waals surface area contributed by atoms with Gasteiger partial charge in [-0.3, -0.25) is 0 Å². The van der Waals surface area contributed by atoms with E-state index in [0.717, 1.165) is 32.1 Å². The fourth-order valence-electron chi connectivity index (χ4n) is 1.62. The number of hydrogen-bond donors (Lipinski definition) is 2. The first-order valence-electron chi connectivity index (χ1n) is 4.12. The van der Waals surface area contributed by atoms with Crippen LogP contribution in [0.3, 0.4) is 0 Å². The van der Waals surface area contributed by atoms with E-state index in [9.17, 15) is 0 Å². The molecule has 0 bridgehead atoms. The minimum atomic E-state index is -0.0602. The molecule has 1 rings (SSSR count). The Balaban J connectivity index is 2.13. The number of aliphatic hydroxyl groups excluding tert-OH is 2. The van der Waals surface area contributed by atoms with Gasteiger partial charge in [0.25, 0.3) is 0 Å². The van der Waals surface area contributed by atoms with Gasteiger partial charge >= 0.3 is 0 Å². The molecule has 0 atom stereocenters. The molecule has 1 fully saturated rings. The fourth-order valence-corrected chi connectivity index (χ4v) is 1.62. The lowest BCUT2D eigenvalue weighted by Gasteiger charge is -2.24. The maximum atomic E-state index is 9.13. The Kier molecular flexibility index (Phi) is 3.16. The molecule has 0 spiro atoms. The average Bonchev–Trinajstić information content (AvgIpc) is 1.95. The standard InChI is InChI=1S/C8H16O2/c9-6-5-7-1-3-8(10)4-2-7/h7-10H,1-6H2/t7-,8-. The largest absolute Gasteiger partial charge is 0.396 e. The van der Waals surface area contributed by atoms with Gasteiger partial charge in [-0.05, 0) is 38.0 Å². The molecule has 1 aliphatic carbocycles. The molecular weight excluding hydrogens is 128 g/mol. The SMILES string of the molecule is OCC[C@H]1CC[C@H](O)CC1. The van der Waals surface area contributed by atoms with Gasteiger partial charge in [-0.1, -0.05) is 0 Å². The molecule has 2 heteroatoms. The molecule has 0 aromatic rings. The van der Waals surface area contributed by atoms with E-state index < -0.39 is 0 Å². The van der Waals surface area contributed by atoms with Gasteiger partial charge < -0.3 is 10.2 Å². The summed E-state index contributed by atoms with van der Waals surface area (Å²) in [5, 5.41) is 17.8. The topological polar surface area (TPSA) is 40.5 Å². The molecule has 1 aliphatic rings. The van der Waals surface area contributed by atoms with Gasteiger partial charge in [0.1, 0.15) is 0 Å². The van der Waals surface area contributed by atoms with E-state index >= 15 is 0 Å². The summed E-state index contributed by atoms with van der Waals surface area (Å²) in [5.74, 6) is 0.674. The van der Waals surface area contributed by atoms with E-state index in [4.69, 9.17) is 10.2 Å². The first kappa shape index (κ1) is 8.02. The van der Waals surface area contributed by atoms with Crippen LogP contribution in [0.2, 0.25) is 0 Å². The van der Waals surface area contributed by atoms with Crippen molar-refractivity contribution >= 4 is 0 Å². The monoisotopic (exact) mass is 144 g/mol. The highest BCUT2D eigenvalue weighted by atomic mass is 16.3. The minimum absolute atomic E-state index is 0.0602. The van der Waals surface area contributed by atoms with Crippen LogP contribution in [0, 0.1) is 5.92 Å². The molecule has 1 saturated carbocycles. The Morgan fingerprint density at radius 2 is 1.70 bits per heavy atom. The van der Waals surface area contributed by atoms with Crippen LogP contribution in [0.5, 0.6) is 0 Å². The van der Waals surface area contributed by atoms with Gasteiger partial charge in [0.05, 0.1) is 6.10 Å². The third kappa shape index (κ3) is 2.27. The lowest BCUT2D eigenvalue weighted by atomic mass is 9.86. The Labute approximate surface area is 61.9 Å². The van der Waals surface area contributed by atoms with Crippen molar-refractivity contribution in [3.63, 3.8) is 0 Å². The van der Waals surface area contributed by atoms with Crippen molar-refractivity contribution in [2.24, 2.45) is 5.92 Å². The normalized spacial score (nSPS) is 34.2. The fraction of sp³-hybridized carbons (Fsp3) is 1.00. The highest BCUT2D eigenvalue weighted by Crippen LogP contribution is 2.26. The number of aliphatic hydroxyl groups is 2. The molecule has 0 aliphatic heterocycles. The smallest absolute Gasteiger partial charge is 0.0540 e. The Morgan fingerprint density at radius 3 is 2.20 bits per heavy atom. The van der Waals surface area contributed by atoms with Gasteiger partial charge in [0.2, 0.25) is 0 Å². The summed E-state index contributed by atoms with van der Waals surface area (Å²) in [5.41, 5.74) is 0. The Hall–Kier alpha value is -0.0800. The molecule has 0 radical (unpaired) electrons. The second-order valence-corrected chi connectivity index (χ2v) is 3.19. The summed E-state index contributed by atoms with van der Waals surface area (Å²) < 4.78 is 0. The first-order chi connectivity index (χ1) is 4.83. The third-order valence-electron chi connectivity index (χ3n) is 2.35. The summed E-state index contributed by atoms with van der Waals surface area (Å²) in [6.45, 7) is 0.306. The quantitative estimate of drug-likeness (QED) is 0.605. The van der Waals surface area contributed by atoms with Crippen molar-refractivity contribution in [3.05, 3.63) is 0 Å². The van der Waals surface area contributed by atoms with E-state index in [1.165, 1.54) is 0 Å². The van der Waals surface area contributed by atoms with Crippen LogP contribution in [0.4, 0.5) is 0 Å². The highest BCUT2D eigenvalue weighted by Gasteiger charge is 2.18. The van der Waals surface area contributed by atoms with Crippen LogP contribution < -0.4 is 0 Å². The zero-order chi connectivity index (χ0) is 7.40. The lowest BCUT2D eigenvalue weighted by molar-refractivity contribution is 0.0998. The predicted octanol–water partition coefficient (Wildman–Crippen LogP) is 0.920. The zero-order valence-corrected chi connectivity index (χ0v) is 6.29. The number of rotatable bonds is 2. The van der Waals surface area contributed by atoms with E-state index in [1.54, 1.807) is 0 Å². The van der Waals surface area contributed by atoms with Crippen LogP contribution >= 0.6 is 0 Å². The molecule has 0 heterocycles. The predicted molar refractivity (Wildman–Crippen MR) is 39.7 cm³/mol. The summed E-state index contributed by atoms with van der Waals surface area (Å²) in [4.78, 5) is 0. The molecule has 0 unspecified atom stereocenters. The van der Waals surface area contributed by atoms with Crippen molar-refractivity contribution in [1.82, 2.24) is 0 Å². The van der Waals surface area contributed by atoms with Gasteiger partial charge in [0, 0.05) is 6.61 Å². The molecular formula is C8H16O2. The van der Waals surface area contributed by atoms with Crippen LogP contribution in [0.25, 0.3) is 0 Å². The van der Waals surface area contributed by atoms with Gasteiger partial charge in [0.15, 0.2) is 0 Å². The molecule has 2 N–H and O–H groups in total. The zero-order valence-electron chi connectivity index (χ0n) is 6.29. The van der Waals surface area contributed by atoms with Gasteiger partial charge in [-0.25, -0.2) is 0 Å². The molecule has 0 aromatic heterocycles. The summed E-state index contributed by atoms with van der Waals surface area (Å²) in [7, 11) is 0. The molecule has 0 saturated heterocycles. The molecule has 0 amide bonds. The number of hydrogen-bond acceptors (Lipinski definition) is 2. The van der Waals surface area contributed by atoms with Crippen molar-refractivity contribution in [2.75, 3.05) is 6.61 Å². The Bertz CT molecular complexity index is 85.3. The van der Waals surface area contributed by atoms with E-state index in [2.05, 4.69) is 0 Å². The first-order valence-corrected chi connectivity index (χ1v) is 4.12. The van der Waals surface area contributed by atoms with Crippen LogP contribution in [0.1, 0.15) is 32.1 Å². The highest BCUT2D eigenvalue weighted by molar-refractivity contribution is 4.70. The van der Waals surface area contributed by atoms with Crippen LogP contribution in [-0.2, 0) is 0 Å².